The Morgan fingerprint density at radius 1 is 0.909 bits per heavy atom. The lowest BCUT2D eigenvalue weighted by Gasteiger charge is -2.42. The van der Waals surface area contributed by atoms with E-state index in [1.807, 2.05) is 47.6 Å². The summed E-state index contributed by atoms with van der Waals surface area (Å²) in [7, 11) is 0. The maximum absolute atomic E-state index is 14.0. The Balaban J connectivity index is 0.00000158. The minimum Gasteiger partial charge on any atom is -0.505 e. The van der Waals surface area contributed by atoms with E-state index in [9.17, 15) is 19.5 Å². The molecule has 3 atom stereocenters. The van der Waals surface area contributed by atoms with Gasteiger partial charge >= 0.3 is 5.97 Å². The molecular weight excluding hydrogens is 689 g/mol. The Hall–Kier alpha value is -3.75. The summed E-state index contributed by atoms with van der Waals surface area (Å²) in [5.74, 6) is -1.38. The molecule has 1 saturated heterocycles. The molecule has 308 valence electrons. The van der Waals surface area contributed by atoms with E-state index in [0.29, 0.717) is 24.1 Å². The van der Waals surface area contributed by atoms with Crippen LogP contribution in [0.5, 0.6) is 5.75 Å². The van der Waals surface area contributed by atoms with E-state index >= 15 is 0 Å². The Labute approximate surface area is 333 Å². The Morgan fingerprint density at radius 3 is 1.91 bits per heavy atom. The van der Waals surface area contributed by atoms with Crippen molar-refractivity contribution < 1.29 is 24.2 Å². The molecule has 1 fully saturated rings. The minimum absolute atomic E-state index is 0.0212. The molecule has 1 heterocycles. The summed E-state index contributed by atoms with van der Waals surface area (Å²) in [5, 5.41) is 19.7. The van der Waals surface area contributed by atoms with Crippen LogP contribution in [-0.2, 0) is 31.0 Å². The van der Waals surface area contributed by atoms with Gasteiger partial charge in [-0.3, -0.25) is 19.3 Å². The van der Waals surface area contributed by atoms with Crippen molar-refractivity contribution in [1.82, 2.24) is 4.90 Å². The summed E-state index contributed by atoms with van der Waals surface area (Å²) in [4.78, 5) is 42.1. The summed E-state index contributed by atoms with van der Waals surface area (Å²) in [5.41, 5.74) is 1.20. The monoisotopic (exact) mass is 763 g/mol. The van der Waals surface area contributed by atoms with Crippen molar-refractivity contribution in [3.05, 3.63) is 47.6 Å². The van der Waals surface area contributed by atoms with Crippen molar-refractivity contribution in [2.24, 2.45) is 49.6 Å². The van der Waals surface area contributed by atoms with E-state index in [2.05, 4.69) is 103 Å². The summed E-state index contributed by atoms with van der Waals surface area (Å²) in [6, 6.07) is 3.56. The highest BCUT2D eigenvalue weighted by Gasteiger charge is 2.53. The number of rotatable bonds is 14. The highest BCUT2D eigenvalue weighted by molar-refractivity contribution is 6.05. The lowest BCUT2D eigenvalue weighted by atomic mass is 9.62. The van der Waals surface area contributed by atoms with E-state index < -0.39 is 28.6 Å². The minimum atomic E-state index is -0.443. The third-order valence-electron chi connectivity index (χ3n) is 10.5. The molecule has 2 aliphatic rings. The number of carbonyl (C=O) groups excluding carboxylic acids is 3. The van der Waals surface area contributed by atoms with Crippen LogP contribution in [0.4, 0.5) is 5.69 Å². The number of esters is 1. The SMILES string of the molecule is C1=CCCC=C1.C=NN(N=C)c1cc(CCC(=O)OCCN2C(=O)C(CC(CC(C)(C)CC(C)(C)C)C(C)(C)C)C(C(C)(C)C)C2=O)cc(C(C)(C)C)c1O. The molecule has 1 aromatic rings. The second-order valence-electron chi connectivity index (χ2n) is 20.7. The number of hydrogen-bond donors (Lipinski definition) is 1. The predicted octanol–water partition coefficient (Wildman–Crippen LogP) is 10.6. The first-order chi connectivity index (χ1) is 25.1. The second-order valence-corrected chi connectivity index (χ2v) is 20.7. The first-order valence-electron chi connectivity index (χ1n) is 20.1. The predicted molar refractivity (Wildman–Crippen MR) is 228 cm³/mol. The number of aryl methyl sites for hydroxylation is 1. The molecule has 1 aromatic carbocycles. The van der Waals surface area contributed by atoms with Gasteiger partial charge in [-0.15, -0.1) is 5.12 Å². The average molecular weight is 763 g/mol. The number of nitrogens with zero attached hydrogens (tertiary/aromatic N) is 4. The Morgan fingerprint density at radius 2 is 1.47 bits per heavy atom. The van der Waals surface area contributed by atoms with Crippen LogP contribution in [0.1, 0.15) is 147 Å². The number of likely N-dealkylation sites (tertiary alicyclic amines) is 1. The van der Waals surface area contributed by atoms with Gasteiger partial charge in [-0.2, -0.15) is 10.2 Å². The lowest BCUT2D eigenvalue weighted by molar-refractivity contribution is -0.148. The Bertz CT molecular complexity index is 1540. The zero-order valence-electron chi connectivity index (χ0n) is 36.8. The van der Waals surface area contributed by atoms with Gasteiger partial charge in [0.15, 0.2) is 0 Å². The molecule has 0 radical (unpaired) electrons. The molecular formula is C46H74N4O5. The molecule has 1 aliphatic carbocycles. The van der Waals surface area contributed by atoms with Crippen LogP contribution >= 0.6 is 0 Å². The van der Waals surface area contributed by atoms with Crippen molar-refractivity contribution in [3.63, 3.8) is 0 Å². The molecule has 2 amide bonds. The zero-order chi connectivity index (χ0) is 42.2. The van der Waals surface area contributed by atoms with Gasteiger partial charge in [0, 0.05) is 25.4 Å². The number of phenolic OH excluding ortho intramolecular Hbond substituents is 1. The largest absolute Gasteiger partial charge is 0.505 e. The summed E-state index contributed by atoms with van der Waals surface area (Å²) in [6.07, 6.45) is 14.1. The van der Waals surface area contributed by atoms with E-state index in [1.165, 1.54) is 17.7 Å². The van der Waals surface area contributed by atoms with Gasteiger partial charge < -0.3 is 9.84 Å². The number of amides is 2. The standard InChI is InChI=1S/C40H66N4O5.C6H8/c1-36(2,3)25-40(13,14)24-27(37(4,5)6)23-28-32(39(10,11)12)35(48)43(34(28)47)19-20-49-31(45)18-17-26-21-29(38(7,8)9)33(46)30(22-26)44(41-15)42-16;1-2-4-6-5-3-1/h21-22,27-28,32,46H,15-20,23-25H2,1-14H3;1-4H,5-6H2. The van der Waals surface area contributed by atoms with Gasteiger partial charge in [-0.1, -0.05) is 127 Å². The zero-order valence-corrected chi connectivity index (χ0v) is 36.8. The molecule has 9 heteroatoms. The summed E-state index contributed by atoms with van der Waals surface area (Å²) >= 11 is 0. The first-order valence-corrected chi connectivity index (χ1v) is 20.1. The van der Waals surface area contributed by atoms with Gasteiger partial charge in [0.05, 0.1) is 18.4 Å². The molecule has 0 spiro atoms. The smallest absolute Gasteiger partial charge is 0.306 e. The Kier molecular flexibility index (Phi) is 16.3. The highest BCUT2D eigenvalue weighted by Crippen LogP contribution is 2.49. The first kappa shape index (κ1) is 47.4. The number of ether oxygens (including phenoxy) is 1. The van der Waals surface area contributed by atoms with E-state index in [0.717, 1.165) is 23.5 Å². The maximum Gasteiger partial charge on any atom is 0.306 e. The quantitative estimate of drug-likeness (QED) is 0.0874. The van der Waals surface area contributed by atoms with Crippen molar-refractivity contribution in [1.29, 1.82) is 0 Å². The average Bonchev–Trinajstić information content (AvgIpc) is 3.28. The van der Waals surface area contributed by atoms with Crippen molar-refractivity contribution in [2.45, 2.75) is 147 Å². The van der Waals surface area contributed by atoms with Crippen molar-refractivity contribution in [3.8, 4) is 5.75 Å². The van der Waals surface area contributed by atoms with E-state index in [-0.39, 0.29) is 59.3 Å². The van der Waals surface area contributed by atoms with Crippen molar-refractivity contribution >= 4 is 36.9 Å². The van der Waals surface area contributed by atoms with Crippen LogP contribution in [0.15, 0.2) is 46.6 Å². The van der Waals surface area contributed by atoms with Crippen LogP contribution < -0.4 is 5.12 Å². The molecule has 0 aromatic heterocycles. The molecule has 3 rings (SSSR count). The van der Waals surface area contributed by atoms with Crippen LogP contribution in [0.25, 0.3) is 0 Å². The number of allylic oxidation sites excluding steroid dienone is 4. The fourth-order valence-electron chi connectivity index (χ4n) is 8.30. The lowest BCUT2D eigenvalue weighted by Crippen LogP contribution is -2.36. The van der Waals surface area contributed by atoms with Gasteiger partial charge in [0.1, 0.15) is 18.0 Å². The molecule has 0 saturated carbocycles. The summed E-state index contributed by atoms with van der Waals surface area (Å²) in [6.45, 7) is 37.1. The molecule has 55 heavy (non-hydrogen) atoms. The fourth-order valence-corrected chi connectivity index (χ4v) is 8.30. The molecule has 3 unspecified atom stereocenters. The molecule has 9 nitrogen and oxygen atoms in total. The highest BCUT2D eigenvalue weighted by atomic mass is 16.5. The topological polar surface area (TPSA) is 112 Å². The number of imide groups is 1. The summed E-state index contributed by atoms with van der Waals surface area (Å²) < 4.78 is 5.57. The molecule has 1 aliphatic heterocycles. The number of phenols is 1. The normalized spacial score (nSPS) is 18.5. The van der Waals surface area contributed by atoms with Crippen LogP contribution in [0.3, 0.4) is 0 Å². The number of hydrazone groups is 2. The number of anilines is 1. The third kappa shape index (κ3) is 14.4. The molecule has 0 bridgehead atoms. The number of aromatic hydroxyl groups is 1. The number of carbonyl (C=O) groups is 3. The van der Waals surface area contributed by atoms with Gasteiger partial charge in [-0.25, -0.2) is 0 Å². The van der Waals surface area contributed by atoms with Gasteiger partial charge in [0.25, 0.3) is 0 Å². The van der Waals surface area contributed by atoms with Crippen molar-refractivity contribution in [2.75, 3.05) is 18.3 Å². The number of hydrogen-bond acceptors (Lipinski definition) is 8. The molecule has 1 N–H and O–H groups in total. The third-order valence-corrected chi connectivity index (χ3v) is 10.5. The van der Waals surface area contributed by atoms with Gasteiger partial charge in [-0.05, 0) is 83.1 Å². The van der Waals surface area contributed by atoms with E-state index in [4.69, 9.17) is 4.74 Å². The van der Waals surface area contributed by atoms with Crippen LogP contribution in [0, 0.1) is 39.4 Å². The van der Waals surface area contributed by atoms with Gasteiger partial charge in [0.2, 0.25) is 11.8 Å². The maximum atomic E-state index is 14.0. The second kappa shape index (κ2) is 18.9. The van der Waals surface area contributed by atoms with E-state index in [1.54, 1.807) is 6.07 Å². The van der Waals surface area contributed by atoms with Crippen LogP contribution in [0.2, 0.25) is 0 Å². The number of benzene rings is 1. The fraction of sp³-hybridized carbons (Fsp3) is 0.674. The van der Waals surface area contributed by atoms with Crippen LogP contribution in [-0.4, -0.2) is 54.4 Å².